The molecule has 0 atom stereocenters. The molecule has 0 aromatic heterocycles. The molecule has 1 rings (SSSR count). The summed E-state index contributed by atoms with van der Waals surface area (Å²) in [5.41, 5.74) is -0.667. The van der Waals surface area contributed by atoms with Crippen LogP contribution in [0.15, 0.2) is 22.7 Å². The minimum absolute atomic E-state index is 0.0408. The molecule has 0 unspecified atom stereocenters. The van der Waals surface area contributed by atoms with Crippen molar-refractivity contribution in [1.29, 1.82) is 0 Å². The Morgan fingerprint density at radius 2 is 2.05 bits per heavy atom. The number of anilines is 1. The van der Waals surface area contributed by atoms with Crippen molar-refractivity contribution in [1.82, 2.24) is 5.32 Å². The Kier molecular flexibility index (Phi) is 5.50. The van der Waals surface area contributed by atoms with Crippen LogP contribution in [0.25, 0.3) is 0 Å². The Hall–Kier alpha value is -1.63. The highest BCUT2D eigenvalue weighted by Crippen LogP contribution is 2.25. The molecular formula is C13H16BrFN2O3. The van der Waals surface area contributed by atoms with Crippen LogP contribution >= 0.6 is 15.9 Å². The summed E-state index contributed by atoms with van der Waals surface area (Å²) < 4.78 is 14.0. The Morgan fingerprint density at radius 1 is 1.40 bits per heavy atom. The Labute approximate surface area is 124 Å². The van der Waals surface area contributed by atoms with Crippen LogP contribution in [0.2, 0.25) is 0 Å². The van der Waals surface area contributed by atoms with Gasteiger partial charge in [-0.15, -0.1) is 0 Å². The first kappa shape index (κ1) is 16.4. The van der Waals surface area contributed by atoms with Gasteiger partial charge in [0.15, 0.2) is 0 Å². The van der Waals surface area contributed by atoms with Gasteiger partial charge in [0.2, 0.25) is 0 Å². The summed E-state index contributed by atoms with van der Waals surface area (Å²) in [6.45, 7) is 3.40. The van der Waals surface area contributed by atoms with E-state index in [0.29, 0.717) is 4.47 Å². The SMILES string of the molecule is CC(C)(CCC(=O)O)NC(=O)Nc1c(F)cccc1Br. The fourth-order valence-corrected chi connectivity index (χ4v) is 1.99. The van der Waals surface area contributed by atoms with Crippen molar-refractivity contribution in [2.45, 2.75) is 32.2 Å². The van der Waals surface area contributed by atoms with E-state index in [9.17, 15) is 14.0 Å². The van der Waals surface area contributed by atoms with Crippen molar-refractivity contribution in [2.24, 2.45) is 0 Å². The van der Waals surface area contributed by atoms with Crippen LogP contribution < -0.4 is 10.6 Å². The van der Waals surface area contributed by atoms with Gasteiger partial charge in [0.05, 0.1) is 5.69 Å². The second-order valence-corrected chi connectivity index (χ2v) is 5.81. The van der Waals surface area contributed by atoms with E-state index in [2.05, 4.69) is 26.6 Å². The van der Waals surface area contributed by atoms with Crippen LogP contribution in [0.3, 0.4) is 0 Å². The normalized spacial score (nSPS) is 11.0. The number of carbonyl (C=O) groups is 2. The molecule has 0 aliphatic carbocycles. The number of halogens is 2. The minimum atomic E-state index is -0.933. The van der Waals surface area contributed by atoms with Gasteiger partial charge in [-0.25, -0.2) is 9.18 Å². The molecule has 1 aromatic rings. The highest BCUT2D eigenvalue weighted by molar-refractivity contribution is 9.10. The van der Waals surface area contributed by atoms with E-state index in [1.54, 1.807) is 19.9 Å². The van der Waals surface area contributed by atoms with Gasteiger partial charge in [-0.2, -0.15) is 0 Å². The second kappa shape index (κ2) is 6.69. The predicted molar refractivity (Wildman–Crippen MR) is 77.2 cm³/mol. The quantitative estimate of drug-likeness (QED) is 0.764. The van der Waals surface area contributed by atoms with E-state index in [4.69, 9.17) is 5.11 Å². The molecule has 110 valence electrons. The number of hydrogen-bond acceptors (Lipinski definition) is 2. The van der Waals surface area contributed by atoms with Crippen LogP contribution in [0.1, 0.15) is 26.7 Å². The number of carboxylic acids is 1. The van der Waals surface area contributed by atoms with E-state index in [0.717, 1.165) is 0 Å². The Balaban J connectivity index is 2.65. The monoisotopic (exact) mass is 346 g/mol. The first-order valence-electron chi connectivity index (χ1n) is 5.96. The highest BCUT2D eigenvalue weighted by Gasteiger charge is 2.22. The average molecular weight is 347 g/mol. The first-order chi connectivity index (χ1) is 9.21. The smallest absolute Gasteiger partial charge is 0.319 e. The van der Waals surface area contributed by atoms with Gasteiger partial charge in [-0.3, -0.25) is 4.79 Å². The van der Waals surface area contributed by atoms with Gasteiger partial charge in [-0.1, -0.05) is 6.07 Å². The van der Waals surface area contributed by atoms with Crippen molar-refractivity contribution in [2.75, 3.05) is 5.32 Å². The van der Waals surface area contributed by atoms with Gasteiger partial charge in [-0.05, 0) is 48.3 Å². The van der Waals surface area contributed by atoms with Gasteiger partial charge in [0, 0.05) is 16.4 Å². The maximum atomic E-state index is 13.5. The number of rotatable bonds is 5. The van der Waals surface area contributed by atoms with Crippen molar-refractivity contribution >= 4 is 33.6 Å². The summed E-state index contributed by atoms with van der Waals surface area (Å²) in [5, 5.41) is 13.7. The van der Waals surface area contributed by atoms with Crippen LogP contribution in [0.4, 0.5) is 14.9 Å². The average Bonchev–Trinajstić information content (AvgIpc) is 2.31. The van der Waals surface area contributed by atoms with Gasteiger partial charge in [0.1, 0.15) is 5.82 Å². The molecule has 0 radical (unpaired) electrons. The van der Waals surface area contributed by atoms with E-state index in [-0.39, 0.29) is 18.5 Å². The molecule has 0 saturated carbocycles. The molecule has 3 N–H and O–H groups in total. The van der Waals surface area contributed by atoms with E-state index in [1.165, 1.54) is 12.1 Å². The molecule has 0 aliphatic rings. The standard InChI is InChI=1S/C13H16BrFN2O3/c1-13(2,7-6-10(18)19)17-12(20)16-11-8(14)4-3-5-9(11)15/h3-5H,6-7H2,1-2H3,(H,18,19)(H2,16,17,20). The number of carbonyl (C=O) groups excluding carboxylic acids is 1. The molecule has 1 aromatic carbocycles. The third-order valence-electron chi connectivity index (χ3n) is 2.62. The number of hydrogen-bond donors (Lipinski definition) is 3. The van der Waals surface area contributed by atoms with E-state index in [1.807, 2.05) is 0 Å². The van der Waals surface area contributed by atoms with E-state index >= 15 is 0 Å². The van der Waals surface area contributed by atoms with Crippen molar-refractivity contribution in [3.8, 4) is 0 Å². The summed E-state index contributed by atoms with van der Waals surface area (Å²) in [6.07, 6.45) is 0.213. The molecule has 0 aliphatic heterocycles. The van der Waals surface area contributed by atoms with Gasteiger partial charge < -0.3 is 15.7 Å². The van der Waals surface area contributed by atoms with Crippen LogP contribution in [0, 0.1) is 5.82 Å². The molecule has 0 fully saturated rings. The zero-order valence-corrected chi connectivity index (χ0v) is 12.8. The number of carboxylic acid groups (broad SMARTS) is 1. The second-order valence-electron chi connectivity index (χ2n) is 4.95. The first-order valence-corrected chi connectivity index (χ1v) is 6.75. The van der Waals surface area contributed by atoms with Crippen LogP contribution in [-0.4, -0.2) is 22.6 Å². The highest BCUT2D eigenvalue weighted by atomic mass is 79.9. The summed E-state index contributed by atoms with van der Waals surface area (Å²) in [5.74, 6) is -1.49. The molecular weight excluding hydrogens is 331 g/mol. The Morgan fingerprint density at radius 3 is 2.60 bits per heavy atom. The molecule has 0 heterocycles. The molecule has 0 saturated heterocycles. The number of benzene rings is 1. The molecule has 7 heteroatoms. The molecule has 20 heavy (non-hydrogen) atoms. The van der Waals surface area contributed by atoms with Crippen molar-refractivity contribution in [3.63, 3.8) is 0 Å². The molecule has 5 nitrogen and oxygen atoms in total. The van der Waals surface area contributed by atoms with E-state index < -0.39 is 23.4 Å². The summed E-state index contributed by atoms with van der Waals surface area (Å²) in [4.78, 5) is 22.3. The van der Waals surface area contributed by atoms with Gasteiger partial charge in [0.25, 0.3) is 0 Å². The lowest BCUT2D eigenvalue weighted by molar-refractivity contribution is -0.137. The minimum Gasteiger partial charge on any atom is -0.481 e. The molecule has 0 spiro atoms. The lowest BCUT2D eigenvalue weighted by Crippen LogP contribution is -2.45. The predicted octanol–water partition coefficient (Wildman–Crippen LogP) is 3.35. The zero-order chi connectivity index (χ0) is 15.3. The number of para-hydroxylation sites is 1. The summed E-state index contributed by atoms with van der Waals surface area (Å²) >= 11 is 3.14. The number of amides is 2. The summed E-state index contributed by atoms with van der Waals surface area (Å²) in [6, 6.07) is 3.76. The van der Waals surface area contributed by atoms with Crippen LogP contribution in [-0.2, 0) is 4.79 Å². The maximum absolute atomic E-state index is 13.5. The number of nitrogens with one attached hydrogen (secondary N) is 2. The van der Waals surface area contributed by atoms with Crippen molar-refractivity contribution in [3.05, 3.63) is 28.5 Å². The largest absolute Gasteiger partial charge is 0.481 e. The fourth-order valence-electron chi connectivity index (χ4n) is 1.55. The Bertz CT molecular complexity index is 500. The lowest BCUT2D eigenvalue weighted by atomic mass is 9.99. The number of urea groups is 1. The maximum Gasteiger partial charge on any atom is 0.319 e. The lowest BCUT2D eigenvalue weighted by Gasteiger charge is -2.25. The van der Waals surface area contributed by atoms with Gasteiger partial charge >= 0.3 is 12.0 Å². The number of aliphatic carboxylic acids is 1. The fraction of sp³-hybridized carbons (Fsp3) is 0.385. The third kappa shape index (κ3) is 5.16. The summed E-state index contributed by atoms with van der Waals surface area (Å²) in [7, 11) is 0. The molecule has 0 bridgehead atoms. The van der Waals surface area contributed by atoms with Crippen LogP contribution in [0.5, 0.6) is 0 Å². The zero-order valence-electron chi connectivity index (χ0n) is 11.2. The van der Waals surface area contributed by atoms with Crippen molar-refractivity contribution < 1.29 is 19.1 Å². The third-order valence-corrected chi connectivity index (χ3v) is 3.28. The topological polar surface area (TPSA) is 78.4 Å². The molecule has 2 amide bonds.